The van der Waals surface area contributed by atoms with Crippen LogP contribution in [0.25, 0.3) is 10.9 Å². The minimum absolute atomic E-state index is 0.153. The number of hydrogen-bond acceptors (Lipinski definition) is 7. The molecular weight excluding hydrogens is 446 g/mol. The van der Waals surface area contributed by atoms with Gasteiger partial charge in [0.25, 0.3) is 5.91 Å². The highest BCUT2D eigenvalue weighted by Crippen LogP contribution is 2.41. The molecular formula is C26H31N5O4. The van der Waals surface area contributed by atoms with E-state index in [-0.39, 0.29) is 17.7 Å². The van der Waals surface area contributed by atoms with E-state index >= 15 is 0 Å². The maximum Gasteiger partial charge on any atom is 0.252 e. The zero-order valence-corrected chi connectivity index (χ0v) is 19.8. The van der Waals surface area contributed by atoms with Gasteiger partial charge in [-0.1, -0.05) is 18.2 Å². The summed E-state index contributed by atoms with van der Waals surface area (Å²) in [6.45, 7) is 3.72. The van der Waals surface area contributed by atoms with E-state index in [0.717, 1.165) is 29.4 Å². The molecule has 2 unspecified atom stereocenters. The molecule has 0 aliphatic carbocycles. The fourth-order valence-corrected chi connectivity index (χ4v) is 6.33. The molecule has 4 aliphatic rings. The average Bonchev–Trinajstić information content (AvgIpc) is 3.42. The molecule has 1 aromatic carbocycles. The van der Waals surface area contributed by atoms with Crippen LogP contribution < -0.4 is 0 Å². The van der Waals surface area contributed by atoms with Gasteiger partial charge in [-0.2, -0.15) is 0 Å². The van der Waals surface area contributed by atoms with Crippen molar-refractivity contribution >= 4 is 28.6 Å². The van der Waals surface area contributed by atoms with Gasteiger partial charge in [-0.05, 0) is 37.0 Å². The molecule has 5 heterocycles. The third kappa shape index (κ3) is 3.82. The van der Waals surface area contributed by atoms with Crippen molar-refractivity contribution in [3.8, 4) is 0 Å². The normalized spacial score (nSPS) is 26.7. The summed E-state index contributed by atoms with van der Waals surface area (Å²) in [6.07, 6.45) is 3.69. The lowest BCUT2D eigenvalue weighted by Gasteiger charge is -2.58. The van der Waals surface area contributed by atoms with Gasteiger partial charge in [-0.3, -0.25) is 34.1 Å². The fourth-order valence-electron chi connectivity index (χ4n) is 6.33. The number of β-amino-alcohol motifs (C(OH)–C–C–N with tert-alkyl or cyclic N) is 1. The molecule has 2 atom stereocenters. The van der Waals surface area contributed by atoms with E-state index in [9.17, 15) is 19.5 Å². The molecule has 4 fully saturated rings. The standard InChI is InChI=1S/C26H31N5O4/c32-20-12-22-24(34)30(10-4-9-29-8-3-7-23(29)33)25(35)26(31(22)15-20)16-28(17-26)14-18-11-19-5-1-2-6-21(19)27-13-18/h1-2,5-6,11,13,20,22,32H,3-4,7-10,12,14-17H2. The largest absolute Gasteiger partial charge is 0.392 e. The SMILES string of the molecule is O=C1CCCN1CCCN1C(=O)C2CC(O)CN2C2(CN(Cc3cnc4ccccc4c3)C2)C1=O. The van der Waals surface area contributed by atoms with Crippen molar-refractivity contribution < 1.29 is 19.5 Å². The summed E-state index contributed by atoms with van der Waals surface area (Å²) in [4.78, 5) is 50.8. The van der Waals surface area contributed by atoms with E-state index in [1.807, 2.05) is 40.3 Å². The number of carbonyl (C=O) groups excluding carboxylic acids is 3. The molecule has 3 amide bonds. The van der Waals surface area contributed by atoms with Crippen molar-refractivity contribution in [1.29, 1.82) is 0 Å². The first kappa shape index (κ1) is 22.6. The van der Waals surface area contributed by atoms with Crippen molar-refractivity contribution in [2.75, 3.05) is 39.3 Å². The highest BCUT2D eigenvalue weighted by atomic mass is 16.3. The Balaban J connectivity index is 1.16. The summed E-state index contributed by atoms with van der Waals surface area (Å²) in [6, 6.07) is 9.68. The van der Waals surface area contributed by atoms with Gasteiger partial charge < -0.3 is 10.0 Å². The Bertz CT molecular complexity index is 1180. The number of carbonyl (C=O) groups is 3. The molecule has 1 N–H and O–H groups in total. The summed E-state index contributed by atoms with van der Waals surface area (Å²) in [5, 5.41) is 11.5. The van der Waals surface area contributed by atoms with E-state index in [4.69, 9.17) is 0 Å². The minimum Gasteiger partial charge on any atom is -0.392 e. The van der Waals surface area contributed by atoms with Crippen LogP contribution in [0.3, 0.4) is 0 Å². The van der Waals surface area contributed by atoms with Crippen LogP contribution in [0.2, 0.25) is 0 Å². The Kier molecular flexibility index (Phi) is 5.58. The zero-order chi connectivity index (χ0) is 24.2. The summed E-state index contributed by atoms with van der Waals surface area (Å²) in [7, 11) is 0. The van der Waals surface area contributed by atoms with E-state index in [0.29, 0.717) is 58.5 Å². The molecule has 1 aromatic heterocycles. The number of para-hydroxylation sites is 1. The van der Waals surface area contributed by atoms with Crippen molar-refractivity contribution in [2.45, 2.75) is 49.9 Å². The number of imide groups is 1. The number of aliphatic hydroxyl groups excluding tert-OH is 1. The summed E-state index contributed by atoms with van der Waals surface area (Å²) in [5.41, 5.74) is 1.27. The van der Waals surface area contributed by atoms with Gasteiger partial charge in [-0.15, -0.1) is 0 Å². The second-order valence-electron chi connectivity index (χ2n) is 10.4. The smallest absolute Gasteiger partial charge is 0.252 e. The van der Waals surface area contributed by atoms with Crippen LogP contribution in [-0.4, -0.2) is 104 Å². The number of likely N-dealkylation sites (tertiary alicyclic amines) is 2. The quantitative estimate of drug-likeness (QED) is 0.609. The maximum absolute atomic E-state index is 13.7. The van der Waals surface area contributed by atoms with E-state index in [1.54, 1.807) is 0 Å². The topological polar surface area (TPSA) is 97.3 Å². The number of piperazine rings is 1. The van der Waals surface area contributed by atoms with Crippen molar-refractivity contribution in [1.82, 2.24) is 24.6 Å². The number of rotatable bonds is 6. The van der Waals surface area contributed by atoms with Gasteiger partial charge >= 0.3 is 0 Å². The second-order valence-corrected chi connectivity index (χ2v) is 10.4. The maximum atomic E-state index is 13.7. The van der Waals surface area contributed by atoms with Gasteiger partial charge in [0.05, 0.1) is 17.7 Å². The molecule has 1 spiro atoms. The van der Waals surface area contributed by atoms with Crippen LogP contribution in [0.1, 0.15) is 31.2 Å². The lowest BCUT2D eigenvalue weighted by Crippen LogP contribution is -2.81. The number of aliphatic hydroxyl groups is 1. The number of fused-ring (bicyclic) bond motifs is 3. The van der Waals surface area contributed by atoms with Crippen LogP contribution >= 0.6 is 0 Å². The Labute approximate surface area is 204 Å². The van der Waals surface area contributed by atoms with Crippen LogP contribution in [0.15, 0.2) is 36.5 Å². The molecule has 9 nitrogen and oxygen atoms in total. The van der Waals surface area contributed by atoms with Crippen LogP contribution in [-0.2, 0) is 20.9 Å². The summed E-state index contributed by atoms with van der Waals surface area (Å²) in [5.74, 6) is -0.212. The Morgan fingerprint density at radius 1 is 1.11 bits per heavy atom. The number of benzene rings is 1. The summed E-state index contributed by atoms with van der Waals surface area (Å²) < 4.78 is 0. The van der Waals surface area contributed by atoms with Crippen molar-refractivity contribution in [2.24, 2.45) is 0 Å². The first-order chi connectivity index (χ1) is 16.9. The highest BCUT2D eigenvalue weighted by molar-refractivity contribution is 6.06. The molecule has 4 aliphatic heterocycles. The van der Waals surface area contributed by atoms with Gasteiger partial charge in [0.2, 0.25) is 11.8 Å². The number of pyridine rings is 1. The Morgan fingerprint density at radius 2 is 1.94 bits per heavy atom. The molecule has 9 heteroatoms. The van der Waals surface area contributed by atoms with Crippen LogP contribution in [0, 0.1) is 0 Å². The predicted molar refractivity (Wildman–Crippen MR) is 128 cm³/mol. The number of hydrogen-bond donors (Lipinski definition) is 1. The predicted octanol–water partition coefficient (Wildman–Crippen LogP) is 0.606. The zero-order valence-electron chi connectivity index (χ0n) is 19.8. The molecule has 35 heavy (non-hydrogen) atoms. The van der Waals surface area contributed by atoms with Gasteiger partial charge in [-0.25, -0.2) is 0 Å². The van der Waals surface area contributed by atoms with Crippen molar-refractivity contribution in [3.05, 3.63) is 42.1 Å². The molecule has 4 saturated heterocycles. The van der Waals surface area contributed by atoms with E-state index in [1.165, 1.54) is 4.90 Å². The fraction of sp³-hybridized carbons (Fsp3) is 0.538. The van der Waals surface area contributed by atoms with E-state index in [2.05, 4.69) is 16.0 Å². The number of nitrogens with zero attached hydrogens (tertiary/aromatic N) is 5. The van der Waals surface area contributed by atoms with Crippen LogP contribution in [0.4, 0.5) is 0 Å². The Morgan fingerprint density at radius 3 is 2.74 bits per heavy atom. The van der Waals surface area contributed by atoms with Crippen molar-refractivity contribution in [3.63, 3.8) is 0 Å². The first-order valence-corrected chi connectivity index (χ1v) is 12.6. The molecule has 0 bridgehead atoms. The average molecular weight is 478 g/mol. The minimum atomic E-state index is -0.774. The first-order valence-electron chi connectivity index (χ1n) is 12.6. The van der Waals surface area contributed by atoms with E-state index < -0.39 is 17.7 Å². The highest BCUT2D eigenvalue weighted by Gasteiger charge is 2.64. The lowest BCUT2D eigenvalue weighted by molar-refractivity contribution is -0.180. The number of amides is 3. The Hall–Kier alpha value is -2.88. The van der Waals surface area contributed by atoms with Gasteiger partial charge in [0.15, 0.2) is 0 Å². The summed E-state index contributed by atoms with van der Waals surface area (Å²) >= 11 is 0. The number of aromatic nitrogens is 1. The third-order valence-corrected chi connectivity index (χ3v) is 8.03. The van der Waals surface area contributed by atoms with Gasteiger partial charge in [0, 0.05) is 63.8 Å². The third-order valence-electron chi connectivity index (χ3n) is 8.03. The van der Waals surface area contributed by atoms with Gasteiger partial charge in [0.1, 0.15) is 5.54 Å². The molecule has 2 aromatic rings. The molecule has 0 radical (unpaired) electrons. The second kappa shape index (κ2) is 8.65. The molecule has 184 valence electrons. The van der Waals surface area contributed by atoms with Crippen LogP contribution in [0.5, 0.6) is 0 Å². The molecule has 0 saturated carbocycles. The monoisotopic (exact) mass is 477 g/mol. The molecule has 6 rings (SSSR count). The lowest BCUT2D eigenvalue weighted by atomic mass is 9.82.